The highest BCUT2D eigenvalue weighted by molar-refractivity contribution is 5.59. The molecule has 1 heterocycles. The van der Waals surface area contributed by atoms with Crippen molar-refractivity contribution in [1.29, 1.82) is 5.26 Å². The molecule has 1 N–H and O–H groups in total. The van der Waals surface area contributed by atoms with Gasteiger partial charge in [0, 0.05) is 32.7 Å². The number of hydrogen-bond donors (Lipinski definition) is 1. The zero-order chi connectivity index (χ0) is 21.3. The molecule has 0 bridgehead atoms. The van der Waals surface area contributed by atoms with Crippen molar-refractivity contribution in [2.75, 3.05) is 58.5 Å². The van der Waals surface area contributed by atoms with Gasteiger partial charge in [0.15, 0.2) is 0 Å². The number of β-amino-alcohol motifs (C(OH)–C–C–N with tert-alkyl or cyclic N) is 1. The number of aliphatic hydroxyl groups is 1. The first-order valence-electron chi connectivity index (χ1n) is 10.1. The Morgan fingerprint density at radius 2 is 1.67 bits per heavy atom. The van der Waals surface area contributed by atoms with Gasteiger partial charge in [-0.25, -0.2) is 0 Å². The van der Waals surface area contributed by atoms with Gasteiger partial charge in [0.05, 0.1) is 50.4 Å². The average molecular weight is 412 g/mol. The molecule has 3 rings (SSSR count). The van der Waals surface area contributed by atoms with Crippen LogP contribution in [0.1, 0.15) is 11.1 Å². The van der Waals surface area contributed by atoms with E-state index in [1.54, 1.807) is 14.2 Å². The van der Waals surface area contributed by atoms with Crippen molar-refractivity contribution in [1.82, 2.24) is 4.90 Å². The zero-order valence-corrected chi connectivity index (χ0v) is 17.6. The second kappa shape index (κ2) is 10.8. The maximum Gasteiger partial charge on any atom is 0.128 e. The Bertz CT molecular complexity index is 838. The SMILES string of the molecule is COc1cccc(OC)c1COCC(O)CN1CCN(c2ccccc2C#N)CC1. The molecule has 0 radical (unpaired) electrons. The van der Waals surface area contributed by atoms with Crippen molar-refractivity contribution in [3.05, 3.63) is 53.6 Å². The van der Waals surface area contributed by atoms with Gasteiger partial charge >= 0.3 is 0 Å². The molecule has 1 saturated heterocycles. The fraction of sp³-hybridized carbons (Fsp3) is 0.435. The minimum Gasteiger partial charge on any atom is -0.496 e. The van der Waals surface area contributed by atoms with E-state index in [1.165, 1.54) is 0 Å². The molecule has 160 valence electrons. The van der Waals surface area contributed by atoms with Crippen LogP contribution >= 0.6 is 0 Å². The largest absolute Gasteiger partial charge is 0.496 e. The van der Waals surface area contributed by atoms with E-state index in [4.69, 9.17) is 14.2 Å². The summed E-state index contributed by atoms with van der Waals surface area (Å²) in [6, 6.07) is 15.5. The van der Waals surface area contributed by atoms with Crippen LogP contribution in [0, 0.1) is 11.3 Å². The van der Waals surface area contributed by atoms with E-state index < -0.39 is 6.10 Å². The molecule has 1 atom stereocenters. The standard InChI is InChI=1S/C23H29N3O4/c1-28-22-8-5-9-23(29-2)20(22)17-30-16-19(27)15-25-10-12-26(13-11-25)21-7-4-3-6-18(21)14-24/h3-9,19,27H,10-13,15-17H2,1-2H3. The van der Waals surface area contributed by atoms with Crippen molar-refractivity contribution in [2.24, 2.45) is 0 Å². The molecule has 0 amide bonds. The summed E-state index contributed by atoms with van der Waals surface area (Å²) in [5.74, 6) is 1.41. The van der Waals surface area contributed by atoms with E-state index in [2.05, 4.69) is 15.9 Å². The first-order valence-corrected chi connectivity index (χ1v) is 10.1. The number of benzene rings is 2. The molecule has 0 saturated carbocycles. The normalized spacial score (nSPS) is 15.5. The van der Waals surface area contributed by atoms with Crippen LogP contribution in [0.3, 0.4) is 0 Å². The highest BCUT2D eigenvalue weighted by atomic mass is 16.5. The van der Waals surface area contributed by atoms with Gasteiger partial charge in [0.2, 0.25) is 0 Å². The van der Waals surface area contributed by atoms with Crippen LogP contribution in [-0.4, -0.2) is 69.7 Å². The van der Waals surface area contributed by atoms with E-state index in [0.29, 0.717) is 30.2 Å². The molecular formula is C23H29N3O4. The maximum atomic E-state index is 10.4. The van der Waals surface area contributed by atoms with Crippen LogP contribution in [0.25, 0.3) is 0 Å². The van der Waals surface area contributed by atoms with Crippen molar-refractivity contribution in [3.63, 3.8) is 0 Å². The van der Waals surface area contributed by atoms with Gasteiger partial charge in [-0.3, -0.25) is 4.90 Å². The summed E-state index contributed by atoms with van der Waals surface area (Å²) in [7, 11) is 3.23. The molecule has 2 aromatic rings. The number of methoxy groups -OCH3 is 2. The summed E-state index contributed by atoms with van der Waals surface area (Å²) >= 11 is 0. The summed E-state index contributed by atoms with van der Waals surface area (Å²) in [6.45, 7) is 4.40. The number of anilines is 1. The van der Waals surface area contributed by atoms with Crippen LogP contribution in [0.4, 0.5) is 5.69 Å². The fourth-order valence-electron chi connectivity index (χ4n) is 3.73. The third-order valence-corrected chi connectivity index (χ3v) is 5.29. The van der Waals surface area contributed by atoms with Gasteiger partial charge in [-0.05, 0) is 24.3 Å². The molecule has 0 aliphatic carbocycles. The van der Waals surface area contributed by atoms with E-state index in [1.807, 2.05) is 42.5 Å². The quantitative estimate of drug-likeness (QED) is 0.678. The maximum absolute atomic E-state index is 10.4. The summed E-state index contributed by atoms with van der Waals surface area (Å²) in [5, 5.41) is 19.7. The molecule has 30 heavy (non-hydrogen) atoms. The Morgan fingerprint density at radius 1 is 1.00 bits per heavy atom. The Kier molecular flexibility index (Phi) is 7.91. The lowest BCUT2D eigenvalue weighted by Crippen LogP contribution is -2.49. The molecule has 1 aliphatic heterocycles. The number of aliphatic hydroxyl groups excluding tert-OH is 1. The number of nitrogens with zero attached hydrogens (tertiary/aromatic N) is 3. The Hall–Kier alpha value is -2.79. The number of para-hydroxylation sites is 1. The molecule has 7 heteroatoms. The number of rotatable bonds is 9. The van der Waals surface area contributed by atoms with Crippen molar-refractivity contribution in [2.45, 2.75) is 12.7 Å². The van der Waals surface area contributed by atoms with Crippen molar-refractivity contribution in [3.8, 4) is 17.6 Å². The molecule has 1 unspecified atom stereocenters. The number of nitriles is 1. The lowest BCUT2D eigenvalue weighted by Gasteiger charge is -2.37. The van der Waals surface area contributed by atoms with Crippen LogP contribution in [-0.2, 0) is 11.3 Å². The summed E-state index contributed by atoms with van der Waals surface area (Å²) in [4.78, 5) is 4.45. The lowest BCUT2D eigenvalue weighted by molar-refractivity contribution is 0.00815. The number of piperazine rings is 1. The second-order valence-electron chi connectivity index (χ2n) is 7.23. The molecule has 2 aromatic carbocycles. The predicted molar refractivity (Wildman–Crippen MR) is 115 cm³/mol. The number of hydrogen-bond acceptors (Lipinski definition) is 7. The molecule has 7 nitrogen and oxygen atoms in total. The average Bonchev–Trinajstić information content (AvgIpc) is 2.79. The molecule has 1 fully saturated rings. The Labute approximate surface area is 178 Å². The Balaban J connectivity index is 1.45. The number of ether oxygens (including phenoxy) is 3. The summed E-state index contributed by atoms with van der Waals surface area (Å²) in [5.41, 5.74) is 2.51. The minimum atomic E-state index is -0.580. The lowest BCUT2D eigenvalue weighted by atomic mass is 10.1. The van der Waals surface area contributed by atoms with Crippen LogP contribution < -0.4 is 14.4 Å². The zero-order valence-electron chi connectivity index (χ0n) is 17.6. The van der Waals surface area contributed by atoms with Crippen LogP contribution in [0.15, 0.2) is 42.5 Å². The van der Waals surface area contributed by atoms with Gasteiger partial charge in [-0.2, -0.15) is 5.26 Å². The second-order valence-corrected chi connectivity index (χ2v) is 7.23. The predicted octanol–water partition coefficient (Wildman–Crippen LogP) is 2.28. The van der Waals surface area contributed by atoms with E-state index in [9.17, 15) is 10.4 Å². The fourth-order valence-corrected chi connectivity index (χ4v) is 3.73. The van der Waals surface area contributed by atoms with Crippen molar-refractivity contribution < 1.29 is 19.3 Å². The first-order chi connectivity index (χ1) is 14.7. The first kappa shape index (κ1) is 21.9. The van der Waals surface area contributed by atoms with E-state index in [0.717, 1.165) is 37.4 Å². The van der Waals surface area contributed by atoms with Crippen molar-refractivity contribution >= 4 is 5.69 Å². The summed E-state index contributed by atoms with van der Waals surface area (Å²) < 4.78 is 16.5. The molecular weight excluding hydrogens is 382 g/mol. The topological polar surface area (TPSA) is 78.2 Å². The van der Waals surface area contributed by atoms with Gasteiger partial charge in [0.1, 0.15) is 17.6 Å². The third kappa shape index (κ3) is 5.42. The highest BCUT2D eigenvalue weighted by Crippen LogP contribution is 2.29. The van der Waals surface area contributed by atoms with Gasteiger partial charge in [-0.15, -0.1) is 0 Å². The molecule has 0 spiro atoms. The molecule has 0 aromatic heterocycles. The summed E-state index contributed by atoms with van der Waals surface area (Å²) in [6.07, 6.45) is -0.580. The Morgan fingerprint density at radius 3 is 2.30 bits per heavy atom. The smallest absolute Gasteiger partial charge is 0.128 e. The van der Waals surface area contributed by atoms with E-state index >= 15 is 0 Å². The third-order valence-electron chi connectivity index (χ3n) is 5.29. The van der Waals surface area contributed by atoms with Gasteiger partial charge in [0.25, 0.3) is 0 Å². The van der Waals surface area contributed by atoms with Gasteiger partial charge < -0.3 is 24.2 Å². The van der Waals surface area contributed by atoms with Gasteiger partial charge in [-0.1, -0.05) is 18.2 Å². The van der Waals surface area contributed by atoms with Crippen LogP contribution in [0.5, 0.6) is 11.5 Å². The van der Waals surface area contributed by atoms with E-state index in [-0.39, 0.29) is 6.61 Å². The minimum absolute atomic E-state index is 0.235. The highest BCUT2D eigenvalue weighted by Gasteiger charge is 2.21. The van der Waals surface area contributed by atoms with Crippen LogP contribution in [0.2, 0.25) is 0 Å². The molecule has 1 aliphatic rings. The monoisotopic (exact) mass is 411 g/mol.